The normalized spacial score (nSPS) is 17.5. The third kappa shape index (κ3) is 4.16. The highest BCUT2D eigenvalue weighted by Gasteiger charge is 2.35. The molecule has 27 heavy (non-hydrogen) atoms. The lowest BCUT2D eigenvalue weighted by Crippen LogP contribution is -2.34. The highest BCUT2D eigenvalue weighted by atomic mass is 16.5. The minimum absolute atomic E-state index is 0.103. The quantitative estimate of drug-likeness (QED) is 0.826. The first-order chi connectivity index (χ1) is 13.0. The van der Waals surface area contributed by atoms with Gasteiger partial charge in [0.2, 0.25) is 11.8 Å². The molecule has 3 rings (SSSR count). The van der Waals surface area contributed by atoms with Crippen LogP contribution >= 0.6 is 0 Å². The van der Waals surface area contributed by atoms with Crippen LogP contribution in [0.3, 0.4) is 0 Å². The van der Waals surface area contributed by atoms with Crippen LogP contribution in [0.4, 0.5) is 5.69 Å². The number of carbonyl (C=O) groups excluding carboxylic acids is 3. The van der Waals surface area contributed by atoms with Gasteiger partial charge in [-0.25, -0.2) is 4.79 Å². The fourth-order valence-corrected chi connectivity index (χ4v) is 3.18. The Hall–Kier alpha value is -3.15. The van der Waals surface area contributed by atoms with Gasteiger partial charge in [0.05, 0.1) is 24.6 Å². The summed E-state index contributed by atoms with van der Waals surface area (Å²) >= 11 is 0. The molecular formula is C21H22N2O4. The van der Waals surface area contributed by atoms with Crippen molar-refractivity contribution in [2.24, 2.45) is 5.92 Å². The standard InChI is InChI=1S/C21H22N2O4/c1-14(15-6-4-3-5-7-15)22-20(25)17-12-19(24)23(13-17)18-10-8-16(9-11-18)21(26)27-2/h3-11,14,17H,12-13H2,1-2H3,(H,22,25). The number of ether oxygens (including phenoxy) is 1. The van der Waals surface area contributed by atoms with Crippen LogP contribution in [0.2, 0.25) is 0 Å². The maximum Gasteiger partial charge on any atom is 0.337 e. The highest BCUT2D eigenvalue weighted by Crippen LogP contribution is 2.26. The first-order valence-electron chi connectivity index (χ1n) is 8.83. The number of anilines is 1. The fraction of sp³-hybridized carbons (Fsp3) is 0.286. The van der Waals surface area contributed by atoms with Crippen molar-refractivity contribution in [2.75, 3.05) is 18.6 Å². The van der Waals surface area contributed by atoms with Gasteiger partial charge in [0.15, 0.2) is 0 Å². The molecule has 6 heteroatoms. The summed E-state index contributed by atoms with van der Waals surface area (Å²) in [5.74, 6) is -1.06. The molecule has 2 atom stereocenters. The van der Waals surface area contributed by atoms with Crippen molar-refractivity contribution in [1.29, 1.82) is 0 Å². The van der Waals surface area contributed by atoms with Gasteiger partial charge in [-0.2, -0.15) is 0 Å². The second-order valence-corrected chi connectivity index (χ2v) is 6.58. The van der Waals surface area contributed by atoms with Crippen molar-refractivity contribution < 1.29 is 19.1 Å². The van der Waals surface area contributed by atoms with E-state index in [1.54, 1.807) is 29.2 Å². The minimum Gasteiger partial charge on any atom is -0.465 e. The Balaban J connectivity index is 1.64. The largest absolute Gasteiger partial charge is 0.465 e. The predicted octanol–water partition coefficient (Wildman–Crippen LogP) is 2.70. The Morgan fingerprint density at radius 3 is 2.41 bits per heavy atom. The van der Waals surface area contributed by atoms with E-state index in [-0.39, 0.29) is 24.3 Å². The van der Waals surface area contributed by atoms with E-state index in [1.165, 1.54) is 7.11 Å². The highest BCUT2D eigenvalue weighted by molar-refractivity contribution is 6.00. The molecule has 2 aromatic rings. The number of hydrogen-bond donors (Lipinski definition) is 1. The van der Waals surface area contributed by atoms with Crippen molar-refractivity contribution in [1.82, 2.24) is 5.32 Å². The average molecular weight is 366 g/mol. The molecule has 6 nitrogen and oxygen atoms in total. The second kappa shape index (κ2) is 8.03. The van der Waals surface area contributed by atoms with Crippen LogP contribution in [0.1, 0.15) is 35.3 Å². The van der Waals surface area contributed by atoms with Crippen LogP contribution in [-0.4, -0.2) is 31.4 Å². The molecule has 2 unspecified atom stereocenters. The molecule has 1 heterocycles. The molecule has 0 radical (unpaired) electrons. The summed E-state index contributed by atoms with van der Waals surface area (Å²) in [5.41, 5.74) is 2.10. The Kier molecular flexibility index (Phi) is 5.54. The molecule has 2 amide bonds. The molecule has 2 aromatic carbocycles. The summed E-state index contributed by atoms with van der Waals surface area (Å²) < 4.78 is 4.67. The van der Waals surface area contributed by atoms with Gasteiger partial charge in [0.1, 0.15) is 0 Å². The van der Waals surface area contributed by atoms with Crippen molar-refractivity contribution in [3.05, 3.63) is 65.7 Å². The van der Waals surface area contributed by atoms with Gasteiger partial charge < -0.3 is 15.0 Å². The first-order valence-corrected chi connectivity index (χ1v) is 8.83. The monoisotopic (exact) mass is 366 g/mol. The Morgan fingerprint density at radius 2 is 1.78 bits per heavy atom. The van der Waals surface area contributed by atoms with Crippen molar-refractivity contribution >= 4 is 23.5 Å². The number of rotatable bonds is 5. The van der Waals surface area contributed by atoms with Gasteiger partial charge in [-0.05, 0) is 36.8 Å². The van der Waals surface area contributed by atoms with E-state index in [2.05, 4.69) is 10.1 Å². The number of amides is 2. The van der Waals surface area contributed by atoms with Gasteiger partial charge >= 0.3 is 5.97 Å². The number of hydrogen-bond acceptors (Lipinski definition) is 4. The van der Waals surface area contributed by atoms with E-state index >= 15 is 0 Å². The summed E-state index contributed by atoms with van der Waals surface area (Å²) in [6, 6.07) is 16.2. The molecule has 1 aliphatic heterocycles. The summed E-state index contributed by atoms with van der Waals surface area (Å²) in [6.45, 7) is 2.25. The number of benzene rings is 2. The summed E-state index contributed by atoms with van der Waals surface area (Å²) in [4.78, 5) is 38.1. The van der Waals surface area contributed by atoms with Crippen LogP contribution in [0.5, 0.6) is 0 Å². The maximum absolute atomic E-state index is 12.6. The number of esters is 1. The van der Waals surface area contributed by atoms with Gasteiger partial charge in [-0.15, -0.1) is 0 Å². The summed E-state index contributed by atoms with van der Waals surface area (Å²) in [6.07, 6.45) is 0.173. The van der Waals surface area contributed by atoms with E-state index in [1.807, 2.05) is 37.3 Å². The molecule has 0 saturated carbocycles. The molecule has 1 aliphatic rings. The fourth-order valence-electron chi connectivity index (χ4n) is 3.18. The number of nitrogens with one attached hydrogen (secondary N) is 1. The van der Waals surface area contributed by atoms with Crippen LogP contribution in [0.25, 0.3) is 0 Å². The molecule has 140 valence electrons. The lowest BCUT2D eigenvalue weighted by atomic mass is 10.1. The summed E-state index contributed by atoms with van der Waals surface area (Å²) in [5, 5.41) is 2.98. The molecular weight excluding hydrogens is 344 g/mol. The molecule has 1 saturated heterocycles. The number of carbonyl (C=O) groups is 3. The smallest absolute Gasteiger partial charge is 0.337 e. The topological polar surface area (TPSA) is 75.7 Å². The molecule has 0 aromatic heterocycles. The Labute approximate surface area is 158 Å². The Bertz CT molecular complexity index is 833. The predicted molar refractivity (Wildman–Crippen MR) is 101 cm³/mol. The van der Waals surface area contributed by atoms with Crippen molar-refractivity contribution in [3.63, 3.8) is 0 Å². The van der Waals surface area contributed by atoms with E-state index in [0.29, 0.717) is 17.8 Å². The van der Waals surface area contributed by atoms with E-state index < -0.39 is 11.9 Å². The molecule has 0 bridgehead atoms. The van der Waals surface area contributed by atoms with E-state index in [9.17, 15) is 14.4 Å². The van der Waals surface area contributed by atoms with Crippen molar-refractivity contribution in [3.8, 4) is 0 Å². The molecule has 1 N–H and O–H groups in total. The van der Waals surface area contributed by atoms with Crippen LogP contribution < -0.4 is 10.2 Å². The van der Waals surface area contributed by atoms with Gasteiger partial charge in [-0.3, -0.25) is 9.59 Å². The molecule has 1 fully saturated rings. The second-order valence-electron chi connectivity index (χ2n) is 6.58. The maximum atomic E-state index is 12.6. The number of methoxy groups -OCH3 is 1. The van der Waals surface area contributed by atoms with Crippen LogP contribution in [-0.2, 0) is 14.3 Å². The third-order valence-corrected chi connectivity index (χ3v) is 4.75. The van der Waals surface area contributed by atoms with Crippen LogP contribution in [0.15, 0.2) is 54.6 Å². The SMILES string of the molecule is COC(=O)c1ccc(N2CC(C(=O)NC(C)c3ccccc3)CC2=O)cc1. The van der Waals surface area contributed by atoms with E-state index in [0.717, 1.165) is 5.56 Å². The lowest BCUT2D eigenvalue weighted by Gasteiger charge is -2.19. The van der Waals surface area contributed by atoms with Gasteiger partial charge in [0.25, 0.3) is 0 Å². The summed E-state index contributed by atoms with van der Waals surface area (Å²) in [7, 11) is 1.32. The average Bonchev–Trinajstić information content (AvgIpc) is 3.10. The van der Waals surface area contributed by atoms with Gasteiger partial charge in [0, 0.05) is 18.7 Å². The third-order valence-electron chi connectivity index (χ3n) is 4.75. The molecule has 0 spiro atoms. The first kappa shape index (κ1) is 18.6. The zero-order valence-corrected chi connectivity index (χ0v) is 15.3. The molecule has 0 aliphatic carbocycles. The van der Waals surface area contributed by atoms with E-state index in [4.69, 9.17) is 0 Å². The zero-order valence-electron chi connectivity index (χ0n) is 15.3. The minimum atomic E-state index is -0.429. The van der Waals surface area contributed by atoms with Gasteiger partial charge in [-0.1, -0.05) is 30.3 Å². The Morgan fingerprint density at radius 1 is 1.11 bits per heavy atom. The lowest BCUT2D eigenvalue weighted by molar-refractivity contribution is -0.126. The number of nitrogens with zero attached hydrogens (tertiary/aromatic N) is 1. The zero-order chi connectivity index (χ0) is 19.4. The van der Waals surface area contributed by atoms with Crippen LogP contribution in [0, 0.1) is 5.92 Å². The van der Waals surface area contributed by atoms with Crippen molar-refractivity contribution in [2.45, 2.75) is 19.4 Å².